The van der Waals surface area contributed by atoms with Crippen LogP contribution in [0.1, 0.15) is 70.2 Å². The Kier molecular flexibility index (Phi) is 5.61. The van der Waals surface area contributed by atoms with Gasteiger partial charge >= 0.3 is 0 Å². The molecule has 5 rings (SSSR count). The van der Waals surface area contributed by atoms with Crippen LogP contribution in [-0.2, 0) is 16.1 Å². The van der Waals surface area contributed by atoms with Gasteiger partial charge in [-0.1, -0.05) is 19.9 Å². The van der Waals surface area contributed by atoms with Gasteiger partial charge in [0, 0.05) is 31.1 Å². The van der Waals surface area contributed by atoms with Crippen LogP contribution in [0, 0.1) is 41.4 Å². The first-order valence-corrected chi connectivity index (χ1v) is 12.7. The molecule has 0 radical (unpaired) electrons. The van der Waals surface area contributed by atoms with Crippen LogP contribution in [0.4, 0.5) is 0 Å². The molecule has 3 fully saturated rings. The minimum atomic E-state index is 0.0808. The maximum absolute atomic E-state index is 12.8. The highest BCUT2D eigenvalue weighted by molar-refractivity contribution is 5.89. The summed E-state index contributed by atoms with van der Waals surface area (Å²) in [4.78, 5) is 35.7. The van der Waals surface area contributed by atoms with Crippen molar-refractivity contribution < 1.29 is 9.59 Å². The van der Waals surface area contributed by atoms with Crippen molar-refractivity contribution >= 4 is 11.8 Å². The zero-order chi connectivity index (χ0) is 23.4. The minimum Gasteiger partial charge on any atom is -0.350 e. The molecule has 6 heteroatoms. The maximum atomic E-state index is 12.8. The van der Waals surface area contributed by atoms with Crippen LogP contribution < -0.4 is 5.32 Å². The molecule has 4 aliphatic rings. The molecule has 2 heterocycles. The van der Waals surface area contributed by atoms with E-state index >= 15 is 0 Å². The number of aryl methyl sites for hydroxylation is 1. The molecule has 0 saturated heterocycles. The first-order chi connectivity index (χ1) is 15.7. The Bertz CT molecular complexity index is 959. The summed E-state index contributed by atoms with van der Waals surface area (Å²) in [5, 5.41) is 3.08. The first-order valence-electron chi connectivity index (χ1n) is 12.7. The van der Waals surface area contributed by atoms with Crippen molar-refractivity contribution in [3.8, 4) is 0 Å². The number of fused-ring (bicyclic) bond motifs is 5. The lowest BCUT2D eigenvalue weighted by atomic mass is 9.47. The van der Waals surface area contributed by atoms with E-state index in [0.29, 0.717) is 42.7 Å². The predicted octanol–water partition coefficient (Wildman–Crippen LogP) is 4.05. The van der Waals surface area contributed by atoms with Crippen molar-refractivity contribution in [1.82, 2.24) is 20.2 Å². The van der Waals surface area contributed by atoms with E-state index in [9.17, 15) is 9.59 Å². The van der Waals surface area contributed by atoms with Gasteiger partial charge in [-0.3, -0.25) is 19.6 Å². The second-order valence-electron chi connectivity index (χ2n) is 11.6. The second-order valence-corrected chi connectivity index (χ2v) is 11.6. The van der Waals surface area contributed by atoms with Crippen LogP contribution in [0.5, 0.6) is 0 Å². The van der Waals surface area contributed by atoms with Gasteiger partial charge in [0.1, 0.15) is 0 Å². The Hall–Kier alpha value is -2.24. The average Bonchev–Trinajstić information content (AvgIpc) is 3.12. The molecule has 7 atom stereocenters. The highest BCUT2D eigenvalue weighted by Crippen LogP contribution is 2.65. The van der Waals surface area contributed by atoms with E-state index in [0.717, 1.165) is 24.2 Å². The number of carbonyl (C=O) groups is 2. The third-order valence-corrected chi connectivity index (χ3v) is 10.1. The third-order valence-electron chi connectivity index (χ3n) is 10.1. The lowest BCUT2D eigenvalue weighted by molar-refractivity contribution is -0.139. The van der Waals surface area contributed by atoms with E-state index in [1.165, 1.54) is 25.7 Å². The lowest BCUT2D eigenvalue weighted by Gasteiger charge is -2.60. The molecule has 4 unspecified atom stereocenters. The summed E-state index contributed by atoms with van der Waals surface area (Å²) in [5.41, 5.74) is 2.01. The van der Waals surface area contributed by atoms with Gasteiger partial charge in [-0.25, -0.2) is 0 Å². The third kappa shape index (κ3) is 3.70. The number of hydrogen-bond donors (Lipinski definition) is 1. The number of likely N-dealkylation sites (N-methyl/N-ethyl adjacent to an activating group) is 1. The molecule has 178 valence electrons. The molecule has 0 spiro atoms. The highest BCUT2D eigenvalue weighted by Gasteiger charge is 2.60. The van der Waals surface area contributed by atoms with Gasteiger partial charge in [0.2, 0.25) is 11.8 Å². The fourth-order valence-electron chi connectivity index (χ4n) is 8.18. The summed E-state index contributed by atoms with van der Waals surface area (Å²) in [6.07, 6.45) is 15.2. The van der Waals surface area contributed by atoms with E-state index in [4.69, 9.17) is 0 Å². The van der Waals surface area contributed by atoms with E-state index in [1.807, 2.05) is 24.9 Å². The molecule has 2 amide bonds. The van der Waals surface area contributed by atoms with Crippen LogP contribution in [0.15, 0.2) is 24.5 Å². The van der Waals surface area contributed by atoms with Crippen LogP contribution in [-0.4, -0.2) is 39.8 Å². The summed E-state index contributed by atoms with van der Waals surface area (Å²) in [7, 11) is 1.98. The highest BCUT2D eigenvalue weighted by atomic mass is 16.2. The maximum Gasteiger partial charge on any atom is 0.246 e. The number of nitrogens with zero attached hydrogens (tertiary/aromatic N) is 3. The molecule has 0 bridgehead atoms. The summed E-state index contributed by atoms with van der Waals surface area (Å²) in [6.45, 7) is 7.22. The standard InChI is InChI=1S/C27H38N4O2/c1-17-14-29-19(15-28-17)16-30-24(32)13-18-5-7-21-20-6-8-23-27(3,12-10-25(33)31(23)4)22(20)9-11-26(18,21)2/h10,12,14-15,18,20-23H,5-9,11,13,16H2,1-4H3,(H,30,32)/t18-,20?,21?,22?,23?,26-,27-/m1/s1. The molecular formula is C27H38N4O2. The Morgan fingerprint density at radius 2 is 1.94 bits per heavy atom. The number of rotatable bonds is 4. The minimum absolute atomic E-state index is 0.0808. The van der Waals surface area contributed by atoms with Crippen LogP contribution in [0.25, 0.3) is 0 Å². The molecular weight excluding hydrogens is 412 g/mol. The monoisotopic (exact) mass is 450 g/mol. The fraction of sp³-hybridized carbons (Fsp3) is 0.704. The van der Waals surface area contributed by atoms with Crippen molar-refractivity contribution in [3.05, 3.63) is 35.9 Å². The number of carbonyl (C=O) groups excluding carboxylic acids is 2. The Balaban J connectivity index is 1.26. The Morgan fingerprint density at radius 3 is 2.70 bits per heavy atom. The number of hydrogen-bond acceptors (Lipinski definition) is 4. The van der Waals surface area contributed by atoms with Crippen LogP contribution in [0.3, 0.4) is 0 Å². The summed E-state index contributed by atoms with van der Waals surface area (Å²) >= 11 is 0. The van der Waals surface area contributed by atoms with E-state index in [2.05, 4.69) is 35.2 Å². The molecule has 3 saturated carbocycles. The van der Waals surface area contributed by atoms with E-state index < -0.39 is 0 Å². The zero-order valence-corrected chi connectivity index (χ0v) is 20.5. The smallest absolute Gasteiger partial charge is 0.246 e. The van der Waals surface area contributed by atoms with Crippen LogP contribution >= 0.6 is 0 Å². The fourth-order valence-corrected chi connectivity index (χ4v) is 8.18. The van der Waals surface area contributed by atoms with Crippen molar-refractivity contribution in [3.63, 3.8) is 0 Å². The van der Waals surface area contributed by atoms with Gasteiger partial charge in [0.05, 0.1) is 24.1 Å². The van der Waals surface area contributed by atoms with Gasteiger partial charge in [-0.05, 0) is 80.6 Å². The van der Waals surface area contributed by atoms with Crippen molar-refractivity contribution in [2.45, 2.75) is 78.3 Å². The zero-order valence-electron chi connectivity index (χ0n) is 20.5. The number of amides is 2. The van der Waals surface area contributed by atoms with Gasteiger partial charge < -0.3 is 10.2 Å². The Labute approximate surface area is 197 Å². The molecule has 3 aliphatic carbocycles. The van der Waals surface area contributed by atoms with Crippen molar-refractivity contribution in [2.24, 2.45) is 34.5 Å². The molecule has 1 aromatic heterocycles. The SMILES string of the molecule is Cc1cnc(CNC(=O)C[C@H]2CCC3C4CCC5N(C)C(=O)C=C[C@]5(C)C4CC[C@@]32C)cn1. The second kappa shape index (κ2) is 8.21. The molecule has 1 N–H and O–H groups in total. The summed E-state index contributed by atoms with van der Waals surface area (Å²) < 4.78 is 0. The topological polar surface area (TPSA) is 75.2 Å². The number of nitrogens with one attached hydrogen (secondary N) is 1. The molecule has 0 aromatic carbocycles. The number of aromatic nitrogens is 2. The largest absolute Gasteiger partial charge is 0.350 e. The van der Waals surface area contributed by atoms with E-state index in [-0.39, 0.29) is 22.6 Å². The predicted molar refractivity (Wildman–Crippen MR) is 127 cm³/mol. The molecule has 1 aliphatic heterocycles. The quantitative estimate of drug-likeness (QED) is 0.751. The first kappa shape index (κ1) is 22.5. The molecule has 33 heavy (non-hydrogen) atoms. The van der Waals surface area contributed by atoms with Gasteiger partial charge in [0.25, 0.3) is 0 Å². The Morgan fingerprint density at radius 1 is 1.12 bits per heavy atom. The average molecular weight is 451 g/mol. The van der Waals surface area contributed by atoms with Crippen molar-refractivity contribution in [1.29, 1.82) is 0 Å². The van der Waals surface area contributed by atoms with Crippen LogP contribution in [0.2, 0.25) is 0 Å². The van der Waals surface area contributed by atoms with Gasteiger partial charge in [-0.15, -0.1) is 0 Å². The lowest BCUT2D eigenvalue weighted by Crippen LogP contribution is -2.59. The molecule has 1 aromatic rings. The normalized spacial score (nSPS) is 39.6. The summed E-state index contributed by atoms with van der Waals surface area (Å²) in [5.74, 6) is 2.76. The molecule has 6 nitrogen and oxygen atoms in total. The van der Waals surface area contributed by atoms with Gasteiger partial charge in [-0.2, -0.15) is 0 Å². The van der Waals surface area contributed by atoms with Gasteiger partial charge in [0.15, 0.2) is 0 Å². The van der Waals surface area contributed by atoms with E-state index in [1.54, 1.807) is 12.4 Å². The summed E-state index contributed by atoms with van der Waals surface area (Å²) in [6, 6.07) is 0.327. The van der Waals surface area contributed by atoms with Crippen molar-refractivity contribution in [2.75, 3.05) is 7.05 Å².